The number of hydrogen-bond acceptors (Lipinski definition) is 4. The van der Waals surface area contributed by atoms with Crippen molar-refractivity contribution in [3.8, 4) is 0 Å². The number of carboxylic acid groups (broad SMARTS) is 1. The van der Waals surface area contributed by atoms with Crippen molar-refractivity contribution in [3.05, 3.63) is 0 Å². The second-order valence-electron chi connectivity index (χ2n) is 4.78. The van der Waals surface area contributed by atoms with Gasteiger partial charge in [0.25, 0.3) is 0 Å². The first-order valence-electron chi connectivity index (χ1n) is 6.95. The minimum atomic E-state index is -0.769. The standard InChI is InChI=1S/C13H23NO3S2/c15-12(14-9-4-3-7-13(16)17)6-2-1-5-11-8-10-18-19-11/h11H,1-10H2,(H,14,15)(H,16,17). The van der Waals surface area contributed by atoms with Crippen LogP contribution in [-0.4, -0.2) is 34.5 Å². The number of aliphatic carboxylic acids is 1. The Morgan fingerprint density at radius 3 is 2.63 bits per heavy atom. The minimum Gasteiger partial charge on any atom is -0.481 e. The highest BCUT2D eigenvalue weighted by Crippen LogP contribution is 2.39. The van der Waals surface area contributed by atoms with Crippen molar-refractivity contribution in [2.45, 2.75) is 56.6 Å². The van der Waals surface area contributed by atoms with Gasteiger partial charge in [0, 0.05) is 30.4 Å². The molecule has 2 N–H and O–H groups in total. The lowest BCUT2D eigenvalue weighted by Crippen LogP contribution is -2.24. The van der Waals surface area contributed by atoms with E-state index in [1.54, 1.807) is 0 Å². The molecular weight excluding hydrogens is 282 g/mol. The summed E-state index contributed by atoms with van der Waals surface area (Å²) in [6.07, 6.45) is 6.79. The van der Waals surface area contributed by atoms with Gasteiger partial charge in [-0.25, -0.2) is 0 Å². The van der Waals surface area contributed by atoms with Crippen molar-refractivity contribution in [2.75, 3.05) is 12.3 Å². The molecule has 1 aliphatic heterocycles. The van der Waals surface area contributed by atoms with Crippen LogP contribution in [0.15, 0.2) is 0 Å². The quantitative estimate of drug-likeness (QED) is 0.479. The molecule has 110 valence electrons. The van der Waals surface area contributed by atoms with E-state index in [2.05, 4.69) is 5.32 Å². The zero-order valence-corrected chi connectivity index (χ0v) is 12.9. The van der Waals surface area contributed by atoms with Crippen molar-refractivity contribution in [1.29, 1.82) is 0 Å². The molecule has 1 amide bonds. The molecule has 1 unspecified atom stereocenters. The normalized spacial score (nSPS) is 18.4. The first kappa shape index (κ1) is 16.7. The van der Waals surface area contributed by atoms with E-state index in [1.165, 1.54) is 18.6 Å². The second kappa shape index (κ2) is 10.4. The van der Waals surface area contributed by atoms with E-state index in [0.717, 1.165) is 24.5 Å². The van der Waals surface area contributed by atoms with Gasteiger partial charge in [0.1, 0.15) is 0 Å². The van der Waals surface area contributed by atoms with E-state index in [1.807, 2.05) is 21.6 Å². The lowest BCUT2D eigenvalue weighted by Gasteiger charge is -2.07. The Balaban J connectivity index is 1.86. The van der Waals surface area contributed by atoms with Crippen molar-refractivity contribution in [1.82, 2.24) is 5.32 Å². The van der Waals surface area contributed by atoms with Crippen LogP contribution in [0.1, 0.15) is 51.4 Å². The van der Waals surface area contributed by atoms with Gasteiger partial charge in [-0.1, -0.05) is 28.0 Å². The summed E-state index contributed by atoms with van der Waals surface area (Å²) in [5.41, 5.74) is 0. The molecule has 6 heteroatoms. The molecule has 1 saturated heterocycles. The summed E-state index contributed by atoms with van der Waals surface area (Å²) in [6.45, 7) is 0.598. The summed E-state index contributed by atoms with van der Waals surface area (Å²) < 4.78 is 0. The van der Waals surface area contributed by atoms with Gasteiger partial charge < -0.3 is 10.4 Å². The molecule has 0 aromatic carbocycles. The number of rotatable bonds is 10. The number of amides is 1. The topological polar surface area (TPSA) is 66.4 Å². The molecule has 0 saturated carbocycles. The molecule has 0 aliphatic carbocycles. The van der Waals surface area contributed by atoms with Crippen LogP contribution in [0.5, 0.6) is 0 Å². The van der Waals surface area contributed by atoms with Gasteiger partial charge in [0.05, 0.1) is 0 Å². The van der Waals surface area contributed by atoms with Crippen LogP contribution in [0.3, 0.4) is 0 Å². The molecule has 4 nitrogen and oxygen atoms in total. The van der Waals surface area contributed by atoms with E-state index < -0.39 is 5.97 Å². The first-order chi connectivity index (χ1) is 9.18. The Labute approximate surface area is 122 Å². The maximum Gasteiger partial charge on any atom is 0.303 e. The van der Waals surface area contributed by atoms with E-state index in [4.69, 9.17) is 5.11 Å². The summed E-state index contributed by atoms with van der Waals surface area (Å²) in [5, 5.41) is 12.1. The van der Waals surface area contributed by atoms with Crippen LogP contribution < -0.4 is 5.32 Å². The van der Waals surface area contributed by atoms with Crippen LogP contribution >= 0.6 is 21.6 Å². The van der Waals surface area contributed by atoms with Crippen LogP contribution in [0.4, 0.5) is 0 Å². The van der Waals surface area contributed by atoms with Gasteiger partial charge in [0.15, 0.2) is 0 Å². The number of nitrogens with one attached hydrogen (secondary N) is 1. The average Bonchev–Trinajstić information content (AvgIpc) is 2.87. The number of carboxylic acids is 1. The minimum absolute atomic E-state index is 0.101. The van der Waals surface area contributed by atoms with Crippen LogP contribution in [0, 0.1) is 0 Å². The molecule has 0 spiro atoms. The van der Waals surface area contributed by atoms with Gasteiger partial charge in [-0.2, -0.15) is 0 Å². The smallest absolute Gasteiger partial charge is 0.303 e. The molecule has 0 radical (unpaired) electrons. The third-order valence-corrected chi connectivity index (χ3v) is 6.05. The Hall–Kier alpha value is -0.360. The summed E-state index contributed by atoms with van der Waals surface area (Å²) in [7, 11) is 3.95. The maximum absolute atomic E-state index is 11.5. The van der Waals surface area contributed by atoms with E-state index >= 15 is 0 Å². The lowest BCUT2D eigenvalue weighted by molar-refractivity contribution is -0.137. The third kappa shape index (κ3) is 9.21. The van der Waals surface area contributed by atoms with Crippen molar-refractivity contribution >= 4 is 33.5 Å². The van der Waals surface area contributed by atoms with Crippen molar-refractivity contribution in [2.24, 2.45) is 0 Å². The molecule has 0 aromatic rings. The summed E-state index contributed by atoms with van der Waals surface area (Å²) in [5.74, 6) is 0.602. The van der Waals surface area contributed by atoms with Gasteiger partial charge in [0.2, 0.25) is 5.91 Å². The lowest BCUT2D eigenvalue weighted by atomic mass is 10.1. The predicted molar refractivity (Wildman–Crippen MR) is 81.4 cm³/mol. The highest BCUT2D eigenvalue weighted by atomic mass is 33.1. The van der Waals surface area contributed by atoms with Crippen molar-refractivity contribution < 1.29 is 14.7 Å². The third-order valence-electron chi connectivity index (χ3n) is 3.05. The summed E-state index contributed by atoms with van der Waals surface area (Å²) in [6, 6.07) is 0. The fourth-order valence-corrected chi connectivity index (χ4v) is 4.97. The van der Waals surface area contributed by atoms with Crippen LogP contribution in [-0.2, 0) is 9.59 Å². The summed E-state index contributed by atoms with van der Waals surface area (Å²) in [4.78, 5) is 21.8. The van der Waals surface area contributed by atoms with E-state index in [-0.39, 0.29) is 12.3 Å². The molecule has 0 aromatic heterocycles. The molecule has 1 rings (SSSR count). The molecular formula is C13H23NO3S2. The number of carbonyl (C=O) groups is 2. The van der Waals surface area contributed by atoms with Gasteiger partial charge in [-0.3, -0.25) is 9.59 Å². The second-order valence-corrected chi connectivity index (χ2v) is 7.56. The average molecular weight is 305 g/mol. The predicted octanol–water partition coefficient (Wildman–Crippen LogP) is 3.07. The van der Waals surface area contributed by atoms with Gasteiger partial charge >= 0.3 is 5.97 Å². The van der Waals surface area contributed by atoms with Gasteiger partial charge in [-0.15, -0.1) is 0 Å². The number of hydrogen-bond donors (Lipinski definition) is 2. The number of unbranched alkanes of at least 4 members (excludes halogenated alkanes) is 2. The van der Waals surface area contributed by atoms with E-state index in [9.17, 15) is 9.59 Å². The summed E-state index contributed by atoms with van der Waals surface area (Å²) >= 11 is 0. The molecule has 1 atom stereocenters. The Morgan fingerprint density at radius 1 is 1.16 bits per heavy atom. The largest absolute Gasteiger partial charge is 0.481 e. The van der Waals surface area contributed by atoms with Gasteiger partial charge in [-0.05, 0) is 32.1 Å². The highest BCUT2D eigenvalue weighted by molar-refractivity contribution is 8.77. The van der Waals surface area contributed by atoms with E-state index in [0.29, 0.717) is 19.4 Å². The molecule has 0 bridgehead atoms. The molecule has 1 fully saturated rings. The Bertz CT molecular complexity index is 281. The zero-order chi connectivity index (χ0) is 13.9. The zero-order valence-electron chi connectivity index (χ0n) is 11.2. The fourth-order valence-electron chi connectivity index (χ4n) is 1.94. The van der Waals surface area contributed by atoms with Crippen LogP contribution in [0.2, 0.25) is 0 Å². The maximum atomic E-state index is 11.5. The fraction of sp³-hybridized carbons (Fsp3) is 0.846. The monoisotopic (exact) mass is 305 g/mol. The Morgan fingerprint density at radius 2 is 1.95 bits per heavy atom. The SMILES string of the molecule is O=C(O)CCCCNC(=O)CCCCC1CCSS1. The molecule has 1 heterocycles. The van der Waals surface area contributed by atoms with Crippen molar-refractivity contribution in [3.63, 3.8) is 0 Å². The Kier molecular flexibility index (Phi) is 9.16. The first-order valence-corrected chi connectivity index (χ1v) is 9.33. The van der Waals surface area contributed by atoms with Crippen LogP contribution in [0.25, 0.3) is 0 Å². The molecule has 1 aliphatic rings. The highest BCUT2D eigenvalue weighted by Gasteiger charge is 2.15. The molecule has 19 heavy (non-hydrogen) atoms. The number of carbonyl (C=O) groups excluding carboxylic acids is 1.